The number of nitrogens with one attached hydrogen (secondary N) is 1. The molecule has 0 aromatic heterocycles. The highest BCUT2D eigenvalue weighted by Gasteiger charge is 2.61. The maximum atomic E-state index is 13.7. The molecule has 3 rings (SSSR count). The molecule has 0 aromatic rings. The summed E-state index contributed by atoms with van der Waals surface area (Å²) in [6.07, 6.45) is 13.3. The molecule has 1 aliphatic carbocycles. The maximum absolute atomic E-state index is 13.7. The van der Waals surface area contributed by atoms with Crippen LogP contribution in [-0.2, 0) is 28.7 Å². The van der Waals surface area contributed by atoms with Gasteiger partial charge in [-0.3, -0.25) is 14.4 Å². The number of aliphatic carboxylic acids is 1. The molecule has 1 saturated heterocycles. The van der Waals surface area contributed by atoms with Crippen molar-refractivity contribution in [2.45, 2.75) is 108 Å². The molecule has 1 saturated carbocycles. The first-order valence-electron chi connectivity index (χ1n) is 14.0. The largest absolute Gasteiger partial charge is 0.479 e. The molecule has 0 aromatic carbocycles. The summed E-state index contributed by atoms with van der Waals surface area (Å²) in [7, 11) is 1.54. The minimum atomic E-state index is -1.33. The van der Waals surface area contributed by atoms with Gasteiger partial charge in [0.05, 0.1) is 19.1 Å². The van der Waals surface area contributed by atoms with Gasteiger partial charge in [-0.2, -0.15) is 0 Å². The van der Waals surface area contributed by atoms with Gasteiger partial charge in [-0.1, -0.05) is 57.6 Å². The Kier molecular flexibility index (Phi) is 11.0. The number of carbonyl (C=O) groups excluding carboxylic acids is 3. The van der Waals surface area contributed by atoms with Crippen molar-refractivity contribution in [3.05, 3.63) is 12.2 Å². The zero-order chi connectivity index (χ0) is 26.8. The van der Waals surface area contributed by atoms with Crippen LogP contribution >= 0.6 is 0 Å². The second-order valence-electron chi connectivity index (χ2n) is 10.8. The number of fused-ring (bicyclic) bond motifs is 2. The Bertz CT molecular complexity index is 844. The fourth-order valence-electron chi connectivity index (χ4n) is 5.52. The highest BCUT2D eigenvalue weighted by Crippen LogP contribution is 2.45. The van der Waals surface area contributed by atoms with E-state index in [0.717, 1.165) is 57.8 Å². The number of carboxylic acid groups (broad SMARTS) is 1. The Hall–Kier alpha value is -2.42. The number of allylic oxidation sites excluding steroid dienone is 1. The topological polar surface area (TPSA) is 122 Å². The molecule has 2 amide bonds. The smallest absolute Gasteiger partial charge is 0.330 e. The number of carbonyl (C=O) groups is 4. The van der Waals surface area contributed by atoms with E-state index in [2.05, 4.69) is 12.2 Å². The van der Waals surface area contributed by atoms with Crippen molar-refractivity contribution in [2.75, 3.05) is 20.3 Å². The van der Waals surface area contributed by atoms with Crippen molar-refractivity contribution >= 4 is 23.8 Å². The lowest BCUT2D eigenvalue weighted by Crippen LogP contribution is -2.53. The predicted octanol–water partition coefficient (Wildman–Crippen LogP) is 3.60. The van der Waals surface area contributed by atoms with E-state index in [4.69, 9.17) is 9.47 Å². The van der Waals surface area contributed by atoms with Crippen molar-refractivity contribution in [3.63, 3.8) is 0 Å². The van der Waals surface area contributed by atoms with Gasteiger partial charge in [-0.05, 0) is 32.1 Å². The fourth-order valence-corrected chi connectivity index (χ4v) is 5.52. The third-order valence-electron chi connectivity index (χ3n) is 7.99. The summed E-state index contributed by atoms with van der Waals surface area (Å²) in [4.78, 5) is 53.3. The van der Waals surface area contributed by atoms with Gasteiger partial charge in [-0.25, -0.2) is 4.79 Å². The van der Waals surface area contributed by atoms with Gasteiger partial charge in [-0.15, -0.1) is 0 Å². The normalized spacial score (nSPS) is 30.8. The molecule has 5 atom stereocenters. The molecular weight excluding hydrogens is 476 g/mol. The second kappa shape index (κ2) is 13.9. The van der Waals surface area contributed by atoms with Crippen LogP contribution in [0.25, 0.3) is 0 Å². The van der Waals surface area contributed by atoms with Crippen molar-refractivity contribution < 1.29 is 33.8 Å². The minimum Gasteiger partial charge on any atom is -0.479 e. The van der Waals surface area contributed by atoms with E-state index in [9.17, 15) is 24.3 Å². The first-order chi connectivity index (χ1) is 17.8. The van der Waals surface area contributed by atoms with Crippen LogP contribution in [0.5, 0.6) is 0 Å². The summed E-state index contributed by atoms with van der Waals surface area (Å²) in [5, 5.41) is 12.6. The average molecular weight is 521 g/mol. The van der Waals surface area contributed by atoms with Crippen molar-refractivity contribution in [3.8, 4) is 0 Å². The van der Waals surface area contributed by atoms with Gasteiger partial charge in [0.25, 0.3) is 0 Å². The molecule has 2 fully saturated rings. The molecule has 208 valence electrons. The van der Waals surface area contributed by atoms with Crippen molar-refractivity contribution in [2.24, 2.45) is 11.8 Å². The summed E-state index contributed by atoms with van der Waals surface area (Å²) in [6, 6.07) is -0.834. The Morgan fingerprint density at radius 1 is 1.16 bits per heavy atom. The Labute approximate surface area is 220 Å². The molecule has 37 heavy (non-hydrogen) atoms. The van der Waals surface area contributed by atoms with Crippen molar-refractivity contribution in [1.29, 1.82) is 0 Å². The van der Waals surface area contributed by atoms with Gasteiger partial charge >= 0.3 is 11.9 Å². The third-order valence-corrected chi connectivity index (χ3v) is 7.99. The van der Waals surface area contributed by atoms with Crippen LogP contribution in [0.3, 0.4) is 0 Å². The van der Waals surface area contributed by atoms with Gasteiger partial charge in [0.2, 0.25) is 11.8 Å². The SMILES string of the molecule is CCCCCCOC(=O)C[C@H]1CCCCCCC=C[C@@H]2C[C@@]2(C(=O)O)NC(=O)[C@@H]2C[C@@H](OC)CN2C1=O. The number of ether oxygens (including phenoxy) is 2. The standard InChI is InChI=1S/C28H44N2O7/c1-3-4-5-12-15-37-24(31)16-20-13-10-8-6-7-9-11-14-21-18-28(21,27(34)35)29-25(32)23-17-22(36-2)19-30(23)26(20)33/h11,14,20-23H,3-10,12-13,15-19H2,1-2H3,(H,29,32)(H,34,35)/t20-,21-,22-,23+,28-/m1/s1. The monoisotopic (exact) mass is 520 g/mol. The lowest BCUT2D eigenvalue weighted by molar-refractivity contribution is -0.151. The van der Waals surface area contributed by atoms with E-state index in [0.29, 0.717) is 25.9 Å². The molecule has 2 aliphatic heterocycles. The first kappa shape index (κ1) is 29.1. The molecule has 0 bridgehead atoms. The number of unbranched alkanes of at least 4 members (excludes halogenated alkanes) is 3. The van der Waals surface area contributed by atoms with Crippen LogP contribution in [0.1, 0.15) is 90.4 Å². The average Bonchev–Trinajstić information content (AvgIpc) is 3.39. The highest BCUT2D eigenvalue weighted by molar-refractivity contribution is 5.95. The molecule has 0 radical (unpaired) electrons. The first-order valence-corrected chi connectivity index (χ1v) is 14.0. The number of esters is 1. The van der Waals surface area contributed by atoms with Crippen LogP contribution in [0, 0.1) is 11.8 Å². The molecular formula is C28H44N2O7. The molecule has 2 N–H and O–H groups in total. The van der Waals surface area contributed by atoms with E-state index in [-0.39, 0.29) is 36.9 Å². The van der Waals surface area contributed by atoms with E-state index < -0.39 is 29.4 Å². The van der Waals surface area contributed by atoms with Crippen LogP contribution < -0.4 is 5.32 Å². The van der Waals surface area contributed by atoms with Crippen LogP contribution in [-0.4, -0.2) is 71.7 Å². The molecule has 9 nitrogen and oxygen atoms in total. The number of methoxy groups -OCH3 is 1. The zero-order valence-corrected chi connectivity index (χ0v) is 22.4. The minimum absolute atomic E-state index is 0.0149. The number of amides is 2. The van der Waals surface area contributed by atoms with E-state index >= 15 is 0 Å². The van der Waals surface area contributed by atoms with Crippen LogP contribution in [0.15, 0.2) is 12.2 Å². The van der Waals surface area contributed by atoms with Gasteiger partial charge < -0.3 is 24.8 Å². The molecule has 9 heteroatoms. The van der Waals surface area contributed by atoms with E-state index in [1.807, 2.05) is 12.2 Å². The molecule has 0 unspecified atom stereocenters. The molecule has 0 spiro atoms. The lowest BCUT2D eigenvalue weighted by Gasteiger charge is -2.29. The fraction of sp³-hybridized carbons (Fsp3) is 0.786. The predicted molar refractivity (Wildman–Crippen MR) is 138 cm³/mol. The number of hydrogen-bond acceptors (Lipinski definition) is 6. The highest BCUT2D eigenvalue weighted by atomic mass is 16.5. The van der Waals surface area contributed by atoms with Gasteiger partial charge in [0.15, 0.2) is 0 Å². The van der Waals surface area contributed by atoms with Gasteiger partial charge in [0, 0.05) is 31.9 Å². The Morgan fingerprint density at radius 2 is 1.95 bits per heavy atom. The number of carboxylic acids is 1. The van der Waals surface area contributed by atoms with E-state index in [1.165, 1.54) is 12.0 Å². The third kappa shape index (κ3) is 7.79. The number of nitrogens with zero attached hydrogens (tertiary/aromatic N) is 1. The van der Waals surface area contributed by atoms with Crippen LogP contribution in [0.2, 0.25) is 0 Å². The second-order valence-corrected chi connectivity index (χ2v) is 10.8. The summed E-state index contributed by atoms with van der Waals surface area (Å²) < 4.78 is 10.9. The number of hydrogen-bond donors (Lipinski definition) is 2. The summed E-state index contributed by atoms with van der Waals surface area (Å²) in [6.45, 7) is 2.71. The van der Waals surface area contributed by atoms with E-state index in [1.54, 1.807) is 0 Å². The summed E-state index contributed by atoms with van der Waals surface area (Å²) >= 11 is 0. The Morgan fingerprint density at radius 3 is 2.68 bits per heavy atom. The summed E-state index contributed by atoms with van der Waals surface area (Å²) in [5.74, 6) is -3.02. The quantitative estimate of drug-likeness (QED) is 0.271. The Balaban J connectivity index is 1.75. The van der Waals surface area contributed by atoms with Crippen LogP contribution in [0.4, 0.5) is 0 Å². The lowest BCUT2D eigenvalue weighted by atomic mass is 9.95. The zero-order valence-electron chi connectivity index (χ0n) is 22.4. The number of rotatable bonds is 9. The van der Waals surface area contributed by atoms with Crippen molar-refractivity contribution in [1.82, 2.24) is 10.2 Å². The van der Waals surface area contributed by atoms with Gasteiger partial charge in [0.1, 0.15) is 11.6 Å². The summed E-state index contributed by atoms with van der Waals surface area (Å²) in [5.41, 5.74) is -1.33. The molecule has 2 heterocycles. The molecule has 3 aliphatic rings. The maximum Gasteiger partial charge on any atom is 0.330 e.